The van der Waals surface area contributed by atoms with E-state index < -0.39 is 5.82 Å². The zero-order valence-corrected chi connectivity index (χ0v) is 21.3. The van der Waals surface area contributed by atoms with Crippen LogP contribution in [0.3, 0.4) is 0 Å². The molecule has 3 heterocycles. The van der Waals surface area contributed by atoms with Gasteiger partial charge in [-0.05, 0) is 74.4 Å². The summed E-state index contributed by atoms with van der Waals surface area (Å²) in [6.45, 7) is 0.624. The molecule has 0 spiro atoms. The second kappa shape index (κ2) is 10.3. The Bertz CT molecular complexity index is 1520. The minimum absolute atomic E-state index is 0.0536. The molecule has 9 heteroatoms. The van der Waals surface area contributed by atoms with Crippen LogP contribution in [0.25, 0.3) is 0 Å². The van der Waals surface area contributed by atoms with Crippen molar-refractivity contribution in [2.24, 2.45) is 10.9 Å². The third kappa shape index (κ3) is 4.98. The predicted molar refractivity (Wildman–Crippen MR) is 144 cm³/mol. The lowest BCUT2D eigenvalue weighted by molar-refractivity contribution is -0.127. The number of aromatic nitrogens is 2. The van der Waals surface area contributed by atoms with Gasteiger partial charge in [-0.25, -0.2) is 14.4 Å². The summed E-state index contributed by atoms with van der Waals surface area (Å²) in [5, 5.41) is 9.60. The van der Waals surface area contributed by atoms with E-state index in [1.54, 1.807) is 30.3 Å². The van der Waals surface area contributed by atoms with Crippen LogP contribution >= 0.6 is 0 Å². The van der Waals surface area contributed by atoms with Crippen LogP contribution in [0.1, 0.15) is 55.0 Å². The van der Waals surface area contributed by atoms with Gasteiger partial charge in [-0.15, -0.1) is 0 Å². The van der Waals surface area contributed by atoms with Crippen molar-refractivity contribution in [1.82, 2.24) is 14.9 Å². The van der Waals surface area contributed by atoms with Gasteiger partial charge in [0.25, 0.3) is 5.91 Å². The lowest BCUT2D eigenvalue weighted by Gasteiger charge is -2.26. The number of nitrogen functional groups attached to an aromatic ring is 1. The second-order valence-electron chi connectivity index (χ2n) is 10.1. The Morgan fingerprint density at radius 1 is 1.15 bits per heavy atom. The number of benzene rings is 2. The number of nitriles is 1. The molecular formula is C30H27FN6O2. The number of hydrogen-bond acceptors (Lipinski definition) is 7. The molecule has 0 radical (unpaired) electrons. The molecule has 1 aliphatic carbocycles. The highest BCUT2D eigenvalue weighted by Gasteiger charge is 2.37. The van der Waals surface area contributed by atoms with Crippen LogP contribution in [0.4, 0.5) is 10.2 Å². The smallest absolute Gasteiger partial charge is 0.264 e. The highest BCUT2D eigenvalue weighted by molar-refractivity contribution is 6.17. The van der Waals surface area contributed by atoms with E-state index in [1.807, 2.05) is 23.1 Å². The minimum Gasteiger partial charge on any atom is -0.454 e. The standard InChI is InChI=1S/C30H27FN6O2/c31-23-5-1-2-6-25(23)39-22-11-9-19(10-12-22)27-26-28(34-17-35-29(26)33)24(36-27)15-21-4-3-13-37(21)30(38)20(16-32)14-18-7-8-18/h1-2,5-6,9-12,14,17-18,21,24H,3-4,7-8,13,15H2,(H2,33,34,35)/t21-,24?/m1/s1. The van der Waals surface area contributed by atoms with E-state index in [-0.39, 0.29) is 29.3 Å². The van der Waals surface area contributed by atoms with Gasteiger partial charge in [0.1, 0.15) is 29.5 Å². The fraction of sp³-hybridized carbons (Fsp3) is 0.300. The first kappa shape index (κ1) is 24.7. The van der Waals surface area contributed by atoms with Crippen LogP contribution in [0.15, 0.2) is 71.5 Å². The quantitative estimate of drug-likeness (QED) is 0.340. The van der Waals surface area contributed by atoms with E-state index in [0.717, 1.165) is 36.9 Å². The SMILES string of the molecule is N#CC(=CC1CC1)C(=O)N1CCC[C@@H]1CC1N=C(c2ccc(Oc3ccccc3F)cc2)c2c(N)ncnc21. The number of halogens is 1. The summed E-state index contributed by atoms with van der Waals surface area (Å²) in [5.74, 6) is 0.695. The maximum Gasteiger partial charge on any atom is 0.264 e. The van der Waals surface area contributed by atoms with Gasteiger partial charge in [-0.1, -0.05) is 18.2 Å². The van der Waals surface area contributed by atoms with Crippen molar-refractivity contribution in [3.63, 3.8) is 0 Å². The van der Waals surface area contributed by atoms with Crippen molar-refractivity contribution < 1.29 is 13.9 Å². The predicted octanol–water partition coefficient (Wildman–Crippen LogP) is 5.12. The average Bonchev–Trinajstić information content (AvgIpc) is 3.52. The van der Waals surface area contributed by atoms with Gasteiger partial charge in [0, 0.05) is 18.2 Å². The Labute approximate surface area is 225 Å². The largest absolute Gasteiger partial charge is 0.454 e. The summed E-state index contributed by atoms with van der Waals surface area (Å²) in [6.07, 6.45) is 7.64. The second-order valence-corrected chi connectivity index (χ2v) is 10.1. The number of hydrogen-bond donors (Lipinski definition) is 1. The molecule has 1 saturated carbocycles. The van der Waals surface area contributed by atoms with E-state index in [9.17, 15) is 14.4 Å². The van der Waals surface area contributed by atoms with Gasteiger partial charge in [0.05, 0.1) is 23.0 Å². The third-order valence-corrected chi connectivity index (χ3v) is 7.44. The highest BCUT2D eigenvalue weighted by Crippen LogP contribution is 2.39. The number of likely N-dealkylation sites (tertiary alicyclic amines) is 1. The Morgan fingerprint density at radius 2 is 1.95 bits per heavy atom. The first-order chi connectivity index (χ1) is 19.0. The van der Waals surface area contributed by atoms with Crippen molar-refractivity contribution in [2.75, 3.05) is 12.3 Å². The third-order valence-electron chi connectivity index (χ3n) is 7.44. The highest BCUT2D eigenvalue weighted by atomic mass is 19.1. The van der Waals surface area contributed by atoms with Crippen LogP contribution in [0, 0.1) is 23.1 Å². The van der Waals surface area contributed by atoms with Gasteiger partial charge >= 0.3 is 0 Å². The molecule has 3 aliphatic rings. The molecule has 8 nitrogen and oxygen atoms in total. The monoisotopic (exact) mass is 522 g/mol. The number of carbonyl (C=O) groups is 1. The molecule has 2 aromatic carbocycles. The Kier molecular flexibility index (Phi) is 6.53. The van der Waals surface area contributed by atoms with E-state index >= 15 is 0 Å². The number of rotatable bonds is 7. The van der Waals surface area contributed by atoms with Gasteiger partial charge in [0.2, 0.25) is 0 Å². The Hall–Kier alpha value is -4.58. The van der Waals surface area contributed by atoms with Crippen LogP contribution in [-0.4, -0.2) is 39.1 Å². The zero-order valence-electron chi connectivity index (χ0n) is 21.3. The lowest BCUT2D eigenvalue weighted by atomic mass is 9.98. The minimum atomic E-state index is -0.437. The summed E-state index contributed by atoms with van der Waals surface area (Å²) in [4.78, 5) is 28.8. The number of amides is 1. The summed E-state index contributed by atoms with van der Waals surface area (Å²) in [6, 6.07) is 15.2. The molecule has 3 aromatic rings. The van der Waals surface area contributed by atoms with Crippen molar-refractivity contribution in [2.45, 2.75) is 44.2 Å². The van der Waals surface area contributed by atoms with Crippen molar-refractivity contribution >= 4 is 17.4 Å². The van der Waals surface area contributed by atoms with Crippen LogP contribution in [-0.2, 0) is 4.79 Å². The molecule has 1 unspecified atom stereocenters. The first-order valence-corrected chi connectivity index (χ1v) is 13.2. The molecule has 196 valence electrons. The number of nitrogens with zero attached hydrogens (tertiary/aromatic N) is 5. The van der Waals surface area contributed by atoms with Crippen molar-refractivity contribution in [3.8, 4) is 17.6 Å². The molecule has 1 saturated heterocycles. The molecular weight excluding hydrogens is 495 g/mol. The number of anilines is 1. The summed E-state index contributed by atoms with van der Waals surface area (Å²) >= 11 is 0. The Balaban J connectivity index is 1.25. The summed E-state index contributed by atoms with van der Waals surface area (Å²) in [7, 11) is 0. The van der Waals surface area contributed by atoms with Gasteiger partial charge in [-0.3, -0.25) is 9.79 Å². The molecule has 1 aromatic heterocycles. The number of nitrogens with two attached hydrogens (primary N) is 1. The molecule has 6 rings (SSSR count). The van der Waals surface area contributed by atoms with Crippen LogP contribution in [0.2, 0.25) is 0 Å². The summed E-state index contributed by atoms with van der Waals surface area (Å²) < 4.78 is 19.7. The number of ether oxygens (including phenoxy) is 1. The van der Waals surface area contributed by atoms with E-state index in [0.29, 0.717) is 41.7 Å². The number of fused-ring (bicyclic) bond motifs is 1. The maximum atomic E-state index is 14.0. The van der Waals surface area contributed by atoms with Crippen LogP contribution < -0.4 is 10.5 Å². The van der Waals surface area contributed by atoms with E-state index in [4.69, 9.17) is 15.5 Å². The number of aliphatic imine (C=N–C) groups is 1. The Morgan fingerprint density at radius 3 is 2.69 bits per heavy atom. The van der Waals surface area contributed by atoms with E-state index in [2.05, 4.69) is 16.0 Å². The lowest BCUT2D eigenvalue weighted by Crippen LogP contribution is -2.37. The average molecular weight is 523 g/mol. The van der Waals surface area contributed by atoms with Gasteiger partial charge in [0.15, 0.2) is 11.6 Å². The van der Waals surface area contributed by atoms with Crippen molar-refractivity contribution in [1.29, 1.82) is 5.26 Å². The molecule has 2 N–H and O–H groups in total. The summed E-state index contributed by atoms with van der Waals surface area (Å²) in [5.41, 5.74) is 9.44. The van der Waals surface area contributed by atoms with Gasteiger partial charge < -0.3 is 15.4 Å². The number of allylic oxidation sites excluding steroid dienone is 1. The number of carbonyl (C=O) groups excluding carboxylic acids is 1. The fourth-order valence-corrected chi connectivity index (χ4v) is 5.32. The van der Waals surface area contributed by atoms with Crippen molar-refractivity contribution in [3.05, 3.63) is 89.1 Å². The topological polar surface area (TPSA) is 117 Å². The van der Waals surface area contributed by atoms with Gasteiger partial charge in [-0.2, -0.15) is 5.26 Å². The molecule has 2 aliphatic heterocycles. The first-order valence-electron chi connectivity index (χ1n) is 13.2. The molecule has 2 atom stereocenters. The van der Waals surface area contributed by atoms with Crippen LogP contribution in [0.5, 0.6) is 11.5 Å². The molecule has 1 amide bonds. The zero-order chi connectivity index (χ0) is 26.9. The number of para-hydroxylation sites is 1. The molecule has 39 heavy (non-hydrogen) atoms. The fourth-order valence-electron chi connectivity index (χ4n) is 5.32. The molecule has 0 bridgehead atoms. The maximum absolute atomic E-state index is 14.0. The molecule has 2 fully saturated rings. The van der Waals surface area contributed by atoms with E-state index in [1.165, 1.54) is 12.4 Å². The normalized spacial score (nSPS) is 20.4.